The summed E-state index contributed by atoms with van der Waals surface area (Å²) in [5, 5.41) is 3.83. The van der Waals surface area contributed by atoms with E-state index in [9.17, 15) is 4.79 Å². The van der Waals surface area contributed by atoms with Crippen molar-refractivity contribution in [3.63, 3.8) is 0 Å². The minimum atomic E-state index is -0.190. The van der Waals surface area contributed by atoms with Gasteiger partial charge in [0.2, 0.25) is 5.91 Å². The number of aliphatic imine (C=N–C) groups is 1. The van der Waals surface area contributed by atoms with Gasteiger partial charge in [-0.25, -0.2) is 0 Å². The SMILES string of the molecule is CN=C(NC1C2CCOC2C12CCCC2)N1CCCC(CC(N)=O)C1. The summed E-state index contributed by atoms with van der Waals surface area (Å²) in [6.45, 7) is 2.81. The van der Waals surface area contributed by atoms with Gasteiger partial charge in [-0.3, -0.25) is 9.79 Å². The molecule has 3 N–H and O–H groups in total. The normalized spacial score (nSPS) is 37.0. The molecule has 0 aromatic rings. The number of nitrogens with zero attached hydrogens (tertiary/aromatic N) is 2. The number of guanidine groups is 1. The average molecular weight is 348 g/mol. The first-order chi connectivity index (χ1) is 12.1. The molecule has 1 amide bonds. The summed E-state index contributed by atoms with van der Waals surface area (Å²) in [4.78, 5) is 18.2. The van der Waals surface area contributed by atoms with Crippen LogP contribution in [-0.4, -0.2) is 55.7 Å². The second-order valence-corrected chi connectivity index (χ2v) is 8.48. The molecule has 140 valence electrons. The van der Waals surface area contributed by atoms with Gasteiger partial charge in [0, 0.05) is 50.5 Å². The summed E-state index contributed by atoms with van der Waals surface area (Å²) in [6, 6.07) is 0.498. The Balaban J connectivity index is 1.44. The Labute approximate surface area is 150 Å². The number of piperidine rings is 1. The average Bonchev–Trinajstić information content (AvgIpc) is 3.24. The van der Waals surface area contributed by atoms with Crippen molar-refractivity contribution in [2.45, 2.75) is 63.5 Å². The van der Waals surface area contributed by atoms with Crippen molar-refractivity contribution < 1.29 is 9.53 Å². The van der Waals surface area contributed by atoms with E-state index in [0.29, 0.717) is 35.8 Å². The minimum absolute atomic E-state index is 0.190. The quantitative estimate of drug-likeness (QED) is 0.598. The standard InChI is InChI=1S/C19H32N4O2/c1-21-18(23-9-4-5-13(12-23)11-15(20)24)22-16-14-6-10-25-17(14)19(16)7-2-3-8-19/h13-14,16-17H,2-12H2,1H3,(H2,20,24)(H,21,22). The van der Waals surface area contributed by atoms with Crippen LogP contribution in [0.5, 0.6) is 0 Å². The summed E-state index contributed by atoms with van der Waals surface area (Å²) < 4.78 is 6.10. The van der Waals surface area contributed by atoms with Gasteiger partial charge in [0.1, 0.15) is 0 Å². The second kappa shape index (κ2) is 6.78. The number of likely N-dealkylation sites (tertiary alicyclic amines) is 1. The van der Waals surface area contributed by atoms with Gasteiger partial charge in [-0.2, -0.15) is 0 Å². The first-order valence-corrected chi connectivity index (χ1v) is 10.0. The summed E-state index contributed by atoms with van der Waals surface area (Å²) in [7, 11) is 1.88. The molecule has 2 aliphatic heterocycles. The maximum atomic E-state index is 11.3. The molecular formula is C19H32N4O2. The molecule has 2 saturated carbocycles. The molecule has 6 heteroatoms. The van der Waals surface area contributed by atoms with Crippen molar-refractivity contribution in [1.82, 2.24) is 10.2 Å². The summed E-state index contributed by atoms with van der Waals surface area (Å²) in [5.41, 5.74) is 5.74. The Kier molecular flexibility index (Phi) is 4.65. The zero-order valence-electron chi connectivity index (χ0n) is 15.4. The van der Waals surface area contributed by atoms with Gasteiger partial charge in [0.05, 0.1) is 6.10 Å². The Bertz CT molecular complexity index is 544. The molecule has 6 nitrogen and oxygen atoms in total. The van der Waals surface area contributed by atoms with Crippen LogP contribution in [0.4, 0.5) is 0 Å². The highest BCUT2D eigenvalue weighted by molar-refractivity contribution is 5.81. The number of hydrogen-bond donors (Lipinski definition) is 2. The largest absolute Gasteiger partial charge is 0.377 e. The van der Waals surface area contributed by atoms with Crippen LogP contribution in [0.1, 0.15) is 51.4 Å². The van der Waals surface area contributed by atoms with E-state index in [4.69, 9.17) is 10.5 Å². The smallest absolute Gasteiger partial charge is 0.217 e. The van der Waals surface area contributed by atoms with Crippen LogP contribution in [0, 0.1) is 17.3 Å². The number of amides is 1. The van der Waals surface area contributed by atoms with Crippen LogP contribution in [0.15, 0.2) is 4.99 Å². The van der Waals surface area contributed by atoms with Crippen LogP contribution < -0.4 is 11.1 Å². The van der Waals surface area contributed by atoms with Gasteiger partial charge >= 0.3 is 0 Å². The summed E-state index contributed by atoms with van der Waals surface area (Å²) in [6.07, 6.45) is 9.54. The van der Waals surface area contributed by atoms with E-state index in [2.05, 4.69) is 15.2 Å². The molecule has 4 atom stereocenters. The number of nitrogens with one attached hydrogen (secondary N) is 1. The zero-order chi connectivity index (χ0) is 17.4. The highest BCUT2D eigenvalue weighted by Crippen LogP contribution is 2.60. The first kappa shape index (κ1) is 17.1. The van der Waals surface area contributed by atoms with Crippen molar-refractivity contribution in [2.75, 3.05) is 26.7 Å². The lowest BCUT2D eigenvalue weighted by atomic mass is 9.54. The third-order valence-electron chi connectivity index (χ3n) is 7.09. The first-order valence-electron chi connectivity index (χ1n) is 10.0. The fourth-order valence-electron chi connectivity index (χ4n) is 6.05. The highest BCUT2D eigenvalue weighted by Gasteiger charge is 2.65. The number of ether oxygens (including phenoxy) is 1. The Morgan fingerprint density at radius 3 is 2.84 bits per heavy atom. The Hall–Kier alpha value is -1.30. The minimum Gasteiger partial charge on any atom is -0.377 e. The van der Waals surface area contributed by atoms with Gasteiger partial charge in [-0.1, -0.05) is 12.8 Å². The van der Waals surface area contributed by atoms with Crippen LogP contribution >= 0.6 is 0 Å². The topological polar surface area (TPSA) is 80.0 Å². The molecule has 25 heavy (non-hydrogen) atoms. The molecule has 2 saturated heterocycles. The number of carbonyl (C=O) groups is 1. The van der Waals surface area contributed by atoms with Crippen LogP contribution in [-0.2, 0) is 9.53 Å². The van der Waals surface area contributed by atoms with Crippen molar-refractivity contribution in [1.29, 1.82) is 0 Å². The molecule has 0 bridgehead atoms. The Morgan fingerprint density at radius 2 is 2.12 bits per heavy atom. The number of carbonyl (C=O) groups excluding carboxylic acids is 1. The van der Waals surface area contributed by atoms with E-state index in [1.807, 2.05) is 7.05 Å². The fourth-order valence-corrected chi connectivity index (χ4v) is 6.05. The van der Waals surface area contributed by atoms with Gasteiger partial charge in [0.15, 0.2) is 5.96 Å². The van der Waals surface area contributed by atoms with Crippen LogP contribution in [0.3, 0.4) is 0 Å². The van der Waals surface area contributed by atoms with E-state index in [1.54, 1.807) is 0 Å². The maximum Gasteiger partial charge on any atom is 0.217 e. The van der Waals surface area contributed by atoms with Crippen molar-refractivity contribution in [2.24, 2.45) is 28.0 Å². The Morgan fingerprint density at radius 1 is 1.32 bits per heavy atom. The molecule has 4 unspecified atom stereocenters. The number of hydrogen-bond acceptors (Lipinski definition) is 3. The molecule has 4 aliphatic rings. The number of nitrogens with two attached hydrogens (primary N) is 1. The predicted molar refractivity (Wildman–Crippen MR) is 97.1 cm³/mol. The maximum absolute atomic E-state index is 11.3. The van der Waals surface area contributed by atoms with Crippen LogP contribution in [0.25, 0.3) is 0 Å². The van der Waals surface area contributed by atoms with Gasteiger partial charge in [0.25, 0.3) is 0 Å². The second-order valence-electron chi connectivity index (χ2n) is 8.48. The molecule has 4 rings (SSSR count). The molecule has 2 aliphatic carbocycles. The van der Waals surface area contributed by atoms with Crippen molar-refractivity contribution in [3.05, 3.63) is 0 Å². The third-order valence-corrected chi connectivity index (χ3v) is 7.09. The third kappa shape index (κ3) is 2.92. The molecule has 2 heterocycles. The number of fused-ring (bicyclic) bond motifs is 2. The van der Waals surface area contributed by atoms with E-state index < -0.39 is 0 Å². The molecule has 0 radical (unpaired) electrons. The monoisotopic (exact) mass is 348 g/mol. The predicted octanol–water partition coefficient (Wildman–Crippen LogP) is 1.50. The van der Waals surface area contributed by atoms with E-state index >= 15 is 0 Å². The van der Waals surface area contributed by atoms with Crippen molar-refractivity contribution in [3.8, 4) is 0 Å². The lowest BCUT2D eigenvalue weighted by molar-refractivity contribution is -0.125. The summed E-state index contributed by atoms with van der Waals surface area (Å²) >= 11 is 0. The highest BCUT2D eigenvalue weighted by atomic mass is 16.5. The van der Waals surface area contributed by atoms with Crippen molar-refractivity contribution >= 4 is 11.9 Å². The van der Waals surface area contributed by atoms with E-state index in [-0.39, 0.29) is 5.91 Å². The molecular weight excluding hydrogens is 316 g/mol. The number of rotatable bonds is 3. The lowest BCUT2D eigenvalue weighted by Gasteiger charge is -2.57. The van der Waals surface area contributed by atoms with E-state index in [1.165, 1.54) is 32.1 Å². The molecule has 4 fully saturated rings. The van der Waals surface area contributed by atoms with Crippen LogP contribution in [0.2, 0.25) is 0 Å². The number of primary amides is 1. The molecule has 0 aromatic carbocycles. The molecule has 0 aromatic heterocycles. The molecule has 1 spiro atoms. The zero-order valence-corrected chi connectivity index (χ0v) is 15.4. The van der Waals surface area contributed by atoms with Gasteiger partial charge < -0.3 is 20.7 Å². The van der Waals surface area contributed by atoms with E-state index in [0.717, 1.165) is 38.5 Å². The fraction of sp³-hybridized carbons (Fsp3) is 0.895. The lowest BCUT2D eigenvalue weighted by Crippen LogP contribution is -2.69. The summed E-state index contributed by atoms with van der Waals surface area (Å²) in [5.74, 6) is 1.82. The van der Waals surface area contributed by atoms with Gasteiger partial charge in [-0.05, 0) is 38.0 Å². The van der Waals surface area contributed by atoms with Gasteiger partial charge in [-0.15, -0.1) is 0 Å².